The zero-order chi connectivity index (χ0) is 26.2. The SMILES string of the molecule is CC(C)c1cc([N+](=O)[O-])cc(C(C)C)c1[N+]1(c2c(C(C)C)cc([N+](=O)[O-])cc2C(C)C)C=NCC1. The molecule has 8 nitrogen and oxygen atoms in total. The first-order chi connectivity index (χ1) is 16.3. The summed E-state index contributed by atoms with van der Waals surface area (Å²) in [6, 6.07) is 6.81. The van der Waals surface area contributed by atoms with Gasteiger partial charge in [-0.1, -0.05) is 55.4 Å². The van der Waals surface area contributed by atoms with Gasteiger partial charge in [0.1, 0.15) is 6.54 Å². The van der Waals surface area contributed by atoms with Gasteiger partial charge in [-0.05, 0) is 23.7 Å². The van der Waals surface area contributed by atoms with E-state index in [1.807, 2.05) is 6.34 Å². The zero-order valence-electron chi connectivity index (χ0n) is 22.0. The van der Waals surface area contributed by atoms with Crippen LogP contribution in [0.3, 0.4) is 0 Å². The molecule has 1 aliphatic heterocycles. The first-order valence-electron chi connectivity index (χ1n) is 12.4. The molecule has 2 aromatic carbocycles. The van der Waals surface area contributed by atoms with Gasteiger partial charge in [-0.2, -0.15) is 0 Å². The van der Waals surface area contributed by atoms with Crippen LogP contribution in [0.4, 0.5) is 22.7 Å². The molecule has 3 rings (SSSR count). The van der Waals surface area contributed by atoms with Crippen molar-refractivity contribution in [2.24, 2.45) is 4.99 Å². The normalized spacial score (nSPS) is 15.1. The van der Waals surface area contributed by atoms with Crippen LogP contribution in [0.2, 0.25) is 0 Å². The molecule has 0 atom stereocenters. The van der Waals surface area contributed by atoms with Gasteiger partial charge >= 0.3 is 0 Å². The minimum Gasteiger partial charge on any atom is -0.258 e. The van der Waals surface area contributed by atoms with Crippen molar-refractivity contribution in [3.8, 4) is 0 Å². The van der Waals surface area contributed by atoms with Gasteiger partial charge < -0.3 is 0 Å². The summed E-state index contributed by atoms with van der Waals surface area (Å²) in [5, 5.41) is 23.7. The molecule has 1 heterocycles. The second kappa shape index (κ2) is 9.85. The van der Waals surface area contributed by atoms with Crippen molar-refractivity contribution in [2.45, 2.75) is 79.1 Å². The maximum absolute atomic E-state index is 11.8. The average Bonchev–Trinajstić information content (AvgIpc) is 3.27. The molecule has 0 saturated carbocycles. The zero-order valence-corrected chi connectivity index (χ0v) is 22.0. The Balaban J connectivity index is 2.57. The average molecular weight is 482 g/mol. The molecule has 0 fully saturated rings. The summed E-state index contributed by atoms with van der Waals surface area (Å²) in [6.07, 6.45) is 1.96. The molecule has 0 bridgehead atoms. The summed E-state index contributed by atoms with van der Waals surface area (Å²) in [4.78, 5) is 27.7. The summed E-state index contributed by atoms with van der Waals surface area (Å²) in [5.41, 5.74) is 5.87. The Morgan fingerprint density at radius 3 is 1.20 bits per heavy atom. The van der Waals surface area contributed by atoms with Crippen LogP contribution in [0.15, 0.2) is 29.3 Å². The van der Waals surface area contributed by atoms with Crippen molar-refractivity contribution in [3.63, 3.8) is 0 Å². The Morgan fingerprint density at radius 1 is 0.686 bits per heavy atom. The lowest BCUT2D eigenvalue weighted by atomic mass is 9.86. The van der Waals surface area contributed by atoms with Crippen LogP contribution < -0.4 is 4.48 Å². The molecule has 0 aromatic heterocycles. The largest absolute Gasteiger partial charge is 0.270 e. The molecule has 1 aliphatic rings. The monoisotopic (exact) mass is 481 g/mol. The second-order valence-corrected chi connectivity index (χ2v) is 10.7. The summed E-state index contributed by atoms with van der Waals surface area (Å²) in [5.74, 6) is 0.146. The Kier molecular flexibility index (Phi) is 7.45. The van der Waals surface area contributed by atoms with Crippen molar-refractivity contribution in [2.75, 3.05) is 13.1 Å². The fourth-order valence-corrected chi connectivity index (χ4v) is 5.14. The lowest BCUT2D eigenvalue weighted by Crippen LogP contribution is -2.44. The quantitative estimate of drug-likeness (QED) is 0.219. The lowest BCUT2D eigenvalue weighted by Gasteiger charge is -2.38. The predicted molar refractivity (Wildman–Crippen MR) is 142 cm³/mol. The molecular formula is C27H37N4O4+. The standard InChI is InChI=1S/C27H37N4O4/c1-16(2)22-11-20(29(32)33)12-23(17(3)4)26(22)31(10-9-28-15-31)27-24(18(5)6)13-21(30(34)35)14-25(27)19(7)8/h11-19H,9-10H2,1-8H3/q+1. The fraction of sp³-hybridized carbons (Fsp3) is 0.519. The molecule has 0 N–H and O–H groups in total. The third-order valence-electron chi connectivity index (χ3n) is 6.88. The van der Waals surface area contributed by atoms with E-state index in [1.165, 1.54) is 0 Å². The van der Waals surface area contributed by atoms with Gasteiger partial charge in [0.2, 0.25) is 0 Å². The summed E-state index contributed by atoms with van der Waals surface area (Å²) < 4.78 is 0.318. The Labute approximate surface area is 207 Å². The van der Waals surface area contributed by atoms with E-state index < -0.39 is 0 Å². The van der Waals surface area contributed by atoms with Gasteiger partial charge in [-0.3, -0.25) is 20.2 Å². The molecule has 0 radical (unpaired) electrons. The highest BCUT2D eigenvalue weighted by Gasteiger charge is 2.45. The van der Waals surface area contributed by atoms with Crippen LogP contribution in [0.5, 0.6) is 0 Å². The smallest absolute Gasteiger partial charge is 0.258 e. The molecule has 2 aromatic rings. The summed E-state index contributed by atoms with van der Waals surface area (Å²) in [6.45, 7) is 17.7. The highest BCUT2D eigenvalue weighted by atomic mass is 16.6. The Morgan fingerprint density at radius 2 is 1.00 bits per heavy atom. The molecule has 0 saturated heterocycles. The summed E-state index contributed by atoms with van der Waals surface area (Å²) in [7, 11) is 0. The van der Waals surface area contributed by atoms with E-state index in [0.717, 1.165) is 33.6 Å². The van der Waals surface area contributed by atoms with E-state index in [2.05, 4.69) is 60.4 Å². The number of nitro groups is 2. The van der Waals surface area contributed by atoms with Gasteiger partial charge in [0, 0.05) is 46.5 Å². The summed E-state index contributed by atoms with van der Waals surface area (Å²) >= 11 is 0. The molecular weight excluding hydrogens is 444 g/mol. The van der Waals surface area contributed by atoms with Crippen molar-refractivity contribution in [1.82, 2.24) is 4.48 Å². The maximum Gasteiger partial charge on any atom is 0.270 e. The topological polar surface area (TPSA) is 98.6 Å². The number of non-ortho nitro benzene ring substituents is 2. The van der Waals surface area contributed by atoms with Crippen molar-refractivity contribution in [1.29, 1.82) is 0 Å². The molecule has 0 amide bonds. The number of aliphatic imine (C=N–C) groups is 1. The van der Waals surface area contributed by atoms with E-state index in [0.29, 0.717) is 17.6 Å². The molecule has 188 valence electrons. The van der Waals surface area contributed by atoms with Gasteiger partial charge in [0.25, 0.3) is 11.4 Å². The van der Waals surface area contributed by atoms with Crippen LogP contribution in [0.25, 0.3) is 0 Å². The van der Waals surface area contributed by atoms with E-state index in [4.69, 9.17) is 0 Å². The number of quaternary nitrogens is 1. The molecule has 35 heavy (non-hydrogen) atoms. The Bertz CT molecular complexity index is 1040. The maximum atomic E-state index is 11.8. The third-order valence-corrected chi connectivity index (χ3v) is 6.88. The molecule has 0 unspecified atom stereocenters. The molecule has 0 aliphatic carbocycles. The van der Waals surface area contributed by atoms with Gasteiger partial charge in [-0.25, -0.2) is 9.48 Å². The third kappa shape index (κ3) is 4.72. The number of hydrogen-bond acceptors (Lipinski definition) is 5. The number of nitro benzene ring substituents is 2. The first kappa shape index (κ1) is 26.5. The van der Waals surface area contributed by atoms with Crippen LogP contribution in [0.1, 0.15) is 101 Å². The van der Waals surface area contributed by atoms with Crippen LogP contribution in [0, 0.1) is 20.2 Å². The fourth-order valence-electron chi connectivity index (χ4n) is 5.14. The first-order valence-corrected chi connectivity index (χ1v) is 12.4. The van der Waals surface area contributed by atoms with Gasteiger partial charge in [0.05, 0.1) is 16.4 Å². The van der Waals surface area contributed by atoms with Crippen molar-refractivity contribution in [3.05, 3.63) is 66.7 Å². The van der Waals surface area contributed by atoms with Crippen LogP contribution >= 0.6 is 0 Å². The van der Waals surface area contributed by atoms with Crippen molar-refractivity contribution < 1.29 is 9.85 Å². The van der Waals surface area contributed by atoms with Crippen LogP contribution in [-0.4, -0.2) is 29.3 Å². The molecule has 8 heteroatoms. The van der Waals surface area contributed by atoms with Crippen molar-refractivity contribution >= 4 is 29.1 Å². The predicted octanol–water partition coefficient (Wildman–Crippen LogP) is 7.68. The lowest BCUT2D eigenvalue weighted by molar-refractivity contribution is -0.385. The van der Waals surface area contributed by atoms with E-state index in [1.54, 1.807) is 24.3 Å². The number of nitrogens with zero attached hydrogens (tertiary/aromatic N) is 4. The van der Waals surface area contributed by atoms with E-state index in [9.17, 15) is 20.2 Å². The van der Waals surface area contributed by atoms with E-state index in [-0.39, 0.29) is 44.9 Å². The highest BCUT2D eigenvalue weighted by molar-refractivity contribution is 5.91. The Hall–Kier alpha value is -3.13. The van der Waals surface area contributed by atoms with Crippen LogP contribution in [-0.2, 0) is 0 Å². The minimum atomic E-state index is -0.324. The molecule has 0 spiro atoms. The minimum absolute atomic E-state index is 0.0365. The number of rotatable bonds is 8. The van der Waals surface area contributed by atoms with E-state index >= 15 is 0 Å². The van der Waals surface area contributed by atoms with Gasteiger partial charge in [0.15, 0.2) is 17.7 Å². The highest BCUT2D eigenvalue weighted by Crippen LogP contribution is 2.51. The van der Waals surface area contributed by atoms with Gasteiger partial charge in [-0.15, -0.1) is 0 Å². The second-order valence-electron chi connectivity index (χ2n) is 10.7. The number of benzene rings is 2. The number of hydrogen-bond donors (Lipinski definition) is 0.